The fourth-order valence-corrected chi connectivity index (χ4v) is 2.48. The second-order valence-corrected chi connectivity index (χ2v) is 5.84. The largest absolute Gasteiger partial charge is 0.376 e. The van der Waals surface area contributed by atoms with Crippen LogP contribution in [0.1, 0.15) is 62.3 Å². The van der Waals surface area contributed by atoms with Crippen LogP contribution in [0.4, 0.5) is 0 Å². The Morgan fingerprint density at radius 2 is 2.33 bits per heavy atom. The highest BCUT2D eigenvalue weighted by Gasteiger charge is 2.25. The van der Waals surface area contributed by atoms with E-state index in [1.807, 2.05) is 18.7 Å². The van der Waals surface area contributed by atoms with Gasteiger partial charge in [0.25, 0.3) is 5.91 Å². The van der Waals surface area contributed by atoms with Crippen molar-refractivity contribution in [2.75, 3.05) is 19.7 Å². The Balaban J connectivity index is 2.03. The van der Waals surface area contributed by atoms with Crippen molar-refractivity contribution < 1.29 is 9.53 Å². The van der Waals surface area contributed by atoms with Gasteiger partial charge in [0.05, 0.1) is 6.10 Å². The Morgan fingerprint density at radius 3 is 3.05 bits per heavy atom. The summed E-state index contributed by atoms with van der Waals surface area (Å²) in [5, 5.41) is 0. The molecule has 2 rings (SSSR count). The van der Waals surface area contributed by atoms with E-state index in [-0.39, 0.29) is 17.9 Å². The van der Waals surface area contributed by atoms with Gasteiger partial charge in [-0.25, -0.2) is 9.97 Å². The van der Waals surface area contributed by atoms with Crippen molar-refractivity contribution in [1.82, 2.24) is 14.9 Å². The Morgan fingerprint density at radius 1 is 1.52 bits per heavy atom. The van der Waals surface area contributed by atoms with Gasteiger partial charge in [-0.2, -0.15) is 0 Å². The first-order valence-corrected chi connectivity index (χ1v) is 7.85. The van der Waals surface area contributed by atoms with Crippen molar-refractivity contribution in [1.29, 1.82) is 0 Å². The van der Waals surface area contributed by atoms with E-state index in [2.05, 4.69) is 16.9 Å². The molecule has 0 spiro atoms. The van der Waals surface area contributed by atoms with Gasteiger partial charge < -0.3 is 9.64 Å². The Kier molecular flexibility index (Phi) is 5.67. The van der Waals surface area contributed by atoms with Gasteiger partial charge in [0, 0.05) is 31.8 Å². The molecule has 21 heavy (non-hydrogen) atoms. The maximum Gasteiger partial charge on any atom is 0.272 e. The van der Waals surface area contributed by atoms with Crippen LogP contribution in [-0.2, 0) is 4.74 Å². The zero-order valence-electron chi connectivity index (χ0n) is 13.2. The van der Waals surface area contributed by atoms with E-state index in [1.54, 1.807) is 12.3 Å². The molecule has 1 atom stereocenters. The second kappa shape index (κ2) is 7.50. The molecule has 1 unspecified atom stereocenters. The third-order valence-corrected chi connectivity index (χ3v) is 3.63. The number of carbonyl (C=O) groups excluding carboxylic acids is 1. The van der Waals surface area contributed by atoms with Crippen LogP contribution in [0.2, 0.25) is 0 Å². The molecule has 0 saturated carbocycles. The Hall–Kier alpha value is -1.49. The van der Waals surface area contributed by atoms with E-state index in [0.717, 1.165) is 38.2 Å². The molecule has 1 fully saturated rings. The highest BCUT2D eigenvalue weighted by atomic mass is 16.5. The number of amides is 1. The molecule has 0 bridgehead atoms. The summed E-state index contributed by atoms with van der Waals surface area (Å²) in [6.07, 6.45) is 4.86. The molecular formula is C16H25N3O2. The van der Waals surface area contributed by atoms with Crippen LogP contribution >= 0.6 is 0 Å². The number of hydrogen-bond acceptors (Lipinski definition) is 4. The monoisotopic (exact) mass is 291 g/mol. The summed E-state index contributed by atoms with van der Waals surface area (Å²) < 4.78 is 5.78. The summed E-state index contributed by atoms with van der Waals surface area (Å²) in [6, 6.07) is 1.70. The lowest BCUT2D eigenvalue weighted by molar-refractivity contribution is 0.00191. The Bertz CT molecular complexity index is 476. The molecule has 0 aromatic carbocycles. The molecule has 116 valence electrons. The maximum atomic E-state index is 12.6. The van der Waals surface area contributed by atoms with E-state index >= 15 is 0 Å². The van der Waals surface area contributed by atoms with E-state index < -0.39 is 0 Å². The third-order valence-electron chi connectivity index (χ3n) is 3.63. The smallest absolute Gasteiger partial charge is 0.272 e. The quantitative estimate of drug-likeness (QED) is 0.837. The first-order chi connectivity index (χ1) is 10.1. The summed E-state index contributed by atoms with van der Waals surface area (Å²) in [6.45, 7) is 8.36. The molecule has 0 aliphatic carbocycles. The fraction of sp³-hybridized carbons (Fsp3) is 0.688. The second-order valence-electron chi connectivity index (χ2n) is 5.84. The molecular weight excluding hydrogens is 266 g/mol. The zero-order valence-corrected chi connectivity index (χ0v) is 13.2. The van der Waals surface area contributed by atoms with Crippen LogP contribution in [-0.4, -0.2) is 46.6 Å². The molecule has 1 aliphatic rings. The van der Waals surface area contributed by atoms with Crippen LogP contribution < -0.4 is 0 Å². The molecule has 5 heteroatoms. The molecule has 1 aromatic rings. The van der Waals surface area contributed by atoms with Gasteiger partial charge in [0.2, 0.25) is 0 Å². The van der Waals surface area contributed by atoms with Gasteiger partial charge in [-0.3, -0.25) is 4.79 Å². The molecule has 0 N–H and O–H groups in total. The highest BCUT2D eigenvalue weighted by molar-refractivity contribution is 5.92. The van der Waals surface area contributed by atoms with Crippen LogP contribution in [0, 0.1) is 0 Å². The molecule has 1 aliphatic heterocycles. The number of rotatable bonds is 5. The average Bonchev–Trinajstić information content (AvgIpc) is 2.52. The van der Waals surface area contributed by atoms with Gasteiger partial charge in [-0.15, -0.1) is 0 Å². The summed E-state index contributed by atoms with van der Waals surface area (Å²) >= 11 is 0. The van der Waals surface area contributed by atoms with E-state index in [0.29, 0.717) is 12.2 Å². The number of hydrogen-bond donors (Lipinski definition) is 0. The van der Waals surface area contributed by atoms with E-state index in [4.69, 9.17) is 4.74 Å². The first kappa shape index (κ1) is 15.9. The number of carbonyl (C=O) groups is 1. The Labute approximate surface area is 126 Å². The topological polar surface area (TPSA) is 55.3 Å². The van der Waals surface area contributed by atoms with Gasteiger partial charge in [0.15, 0.2) is 0 Å². The number of ether oxygens (including phenoxy) is 1. The molecule has 0 radical (unpaired) electrons. The molecule has 1 aromatic heterocycles. The summed E-state index contributed by atoms with van der Waals surface area (Å²) in [4.78, 5) is 23.0. The van der Waals surface area contributed by atoms with Crippen molar-refractivity contribution >= 4 is 5.91 Å². The fourth-order valence-electron chi connectivity index (χ4n) is 2.48. The number of aromatic nitrogens is 2. The number of nitrogens with zero attached hydrogens (tertiary/aromatic N) is 3. The molecule has 2 heterocycles. The van der Waals surface area contributed by atoms with Crippen LogP contribution in [0.5, 0.6) is 0 Å². The first-order valence-electron chi connectivity index (χ1n) is 7.85. The van der Waals surface area contributed by atoms with Crippen LogP contribution in [0.25, 0.3) is 0 Å². The lowest BCUT2D eigenvalue weighted by Gasteiger charge is -2.32. The average molecular weight is 291 g/mol. The lowest BCUT2D eigenvalue weighted by atomic mass is 10.1. The van der Waals surface area contributed by atoms with E-state index in [1.165, 1.54) is 0 Å². The maximum absolute atomic E-state index is 12.6. The van der Waals surface area contributed by atoms with E-state index in [9.17, 15) is 4.79 Å². The van der Waals surface area contributed by atoms with Gasteiger partial charge in [-0.05, 0) is 25.3 Å². The number of piperidine rings is 1. The lowest BCUT2D eigenvalue weighted by Crippen LogP contribution is -2.43. The summed E-state index contributed by atoms with van der Waals surface area (Å²) in [5.74, 6) is 0.931. The third kappa shape index (κ3) is 4.24. The molecule has 1 amide bonds. The predicted molar refractivity (Wildman–Crippen MR) is 81.3 cm³/mol. The van der Waals surface area contributed by atoms with Crippen LogP contribution in [0.3, 0.4) is 0 Å². The summed E-state index contributed by atoms with van der Waals surface area (Å²) in [5.41, 5.74) is 0.491. The minimum absolute atomic E-state index is 0.0101. The van der Waals surface area contributed by atoms with Crippen molar-refractivity contribution in [2.24, 2.45) is 0 Å². The highest BCUT2D eigenvalue weighted by Crippen LogP contribution is 2.16. The van der Waals surface area contributed by atoms with Gasteiger partial charge >= 0.3 is 0 Å². The van der Waals surface area contributed by atoms with Crippen molar-refractivity contribution in [2.45, 2.75) is 52.1 Å². The zero-order chi connectivity index (χ0) is 15.2. The minimum Gasteiger partial charge on any atom is -0.376 e. The molecule has 5 nitrogen and oxygen atoms in total. The van der Waals surface area contributed by atoms with Gasteiger partial charge in [0.1, 0.15) is 11.5 Å². The standard InChI is InChI=1S/C16H25N3O2/c1-4-10-21-13-6-5-9-19(11-13)16(20)14-7-8-17-15(18-14)12(2)3/h7-8,12-13H,4-6,9-11H2,1-3H3. The van der Waals surface area contributed by atoms with Crippen molar-refractivity contribution in [3.63, 3.8) is 0 Å². The van der Waals surface area contributed by atoms with Crippen molar-refractivity contribution in [3.05, 3.63) is 23.8 Å². The van der Waals surface area contributed by atoms with Gasteiger partial charge in [-0.1, -0.05) is 20.8 Å². The van der Waals surface area contributed by atoms with Crippen molar-refractivity contribution in [3.8, 4) is 0 Å². The molecule has 1 saturated heterocycles. The minimum atomic E-state index is -0.0101. The predicted octanol–water partition coefficient (Wildman–Crippen LogP) is 2.63. The van der Waals surface area contributed by atoms with Crippen LogP contribution in [0.15, 0.2) is 12.3 Å². The normalized spacial score (nSPS) is 19.0. The SMILES string of the molecule is CCCOC1CCCN(C(=O)c2ccnc(C(C)C)n2)C1. The summed E-state index contributed by atoms with van der Waals surface area (Å²) in [7, 11) is 0. The number of likely N-dealkylation sites (tertiary alicyclic amines) is 1.